The van der Waals surface area contributed by atoms with E-state index in [9.17, 15) is 0 Å². The van der Waals surface area contributed by atoms with Crippen LogP contribution in [0, 0.1) is 0 Å². The maximum atomic E-state index is 6.51. The zero-order chi connectivity index (χ0) is 20.7. The molecule has 4 aromatic carbocycles. The molecule has 0 N–H and O–H groups in total. The van der Waals surface area contributed by atoms with Crippen molar-refractivity contribution < 1.29 is 4.74 Å². The summed E-state index contributed by atoms with van der Waals surface area (Å²) < 4.78 is 6.51. The fourth-order valence-electron chi connectivity index (χ4n) is 4.95. The molecule has 1 aliphatic heterocycles. The normalized spacial score (nSPS) is 18.7. The van der Waals surface area contributed by atoms with Crippen LogP contribution in [0.3, 0.4) is 0 Å². The summed E-state index contributed by atoms with van der Waals surface area (Å²) in [6.45, 7) is 5.43. The van der Waals surface area contributed by atoms with Crippen LogP contribution >= 0.6 is 15.2 Å². The zero-order valence-corrected chi connectivity index (χ0v) is 20.0. The van der Waals surface area contributed by atoms with Crippen LogP contribution < -0.4 is 10.0 Å². The fraction of sp³-hybridized carbons (Fsp3) is 0.259. The molecule has 1 heterocycles. The molecule has 154 valence electrons. The van der Waals surface area contributed by atoms with Crippen LogP contribution in [0.4, 0.5) is 0 Å². The van der Waals surface area contributed by atoms with E-state index in [0.29, 0.717) is 5.85 Å². The second-order valence-electron chi connectivity index (χ2n) is 8.62. The van der Waals surface area contributed by atoms with Crippen molar-refractivity contribution in [3.05, 3.63) is 72.8 Å². The second kappa shape index (κ2) is 7.96. The molecule has 1 nitrogen and oxygen atoms in total. The first-order valence-corrected chi connectivity index (χ1v) is 15.9. The molecule has 0 radical (unpaired) electrons. The van der Waals surface area contributed by atoms with Crippen LogP contribution in [0.15, 0.2) is 72.8 Å². The molecule has 0 saturated heterocycles. The quantitative estimate of drug-likeness (QED) is 0.178. The molecule has 4 aromatic rings. The monoisotopic (exact) mass is 432 g/mol. The SMILES string of the molecule is CCCCP[PH]1(C)c2c(cccc2-c2c3ccccc3cc3ccccc23)OC1C. The number of rotatable bonds is 5. The topological polar surface area (TPSA) is 9.23 Å². The van der Waals surface area contributed by atoms with Gasteiger partial charge in [0.15, 0.2) is 0 Å². The minimum atomic E-state index is -1.74. The Kier molecular flexibility index (Phi) is 5.30. The van der Waals surface area contributed by atoms with E-state index < -0.39 is 6.95 Å². The molecule has 3 heteroatoms. The van der Waals surface area contributed by atoms with Crippen molar-refractivity contribution in [2.45, 2.75) is 32.5 Å². The van der Waals surface area contributed by atoms with Gasteiger partial charge in [-0.15, -0.1) is 0 Å². The third-order valence-corrected chi connectivity index (χ3v) is 16.3. The molecule has 1 aliphatic rings. The van der Waals surface area contributed by atoms with E-state index in [1.165, 1.54) is 51.7 Å². The Bertz CT molecular complexity index is 1180. The third kappa shape index (κ3) is 3.15. The molecule has 0 amide bonds. The van der Waals surface area contributed by atoms with Crippen LogP contribution in [0.2, 0.25) is 0 Å². The summed E-state index contributed by atoms with van der Waals surface area (Å²) in [5.41, 5.74) is 2.79. The molecule has 30 heavy (non-hydrogen) atoms. The maximum absolute atomic E-state index is 6.51. The molecule has 0 fully saturated rings. The van der Waals surface area contributed by atoms with Crippen LogP contribution in [0.1, 0.15) is 26.7 Å². The number of ether oxygens (including phenoxy) is 1. The second-order valence-corrected chi connectivity index (χ2v) is 17.4. The number of unbranched alkanes of at least 4 members (excludes halogenated alkanes) is 1. The van der Waals surface area contributed by atoms with Gasteiger partial charge in [-0.1, -0.05) is 0 Å². The molecular formula is C27H30OP2. The van der Waals surface area contributed by atoms with Crippen LogP contribution in [0.5, 0.6) is 5.75 Å². The van der Waals surface area contributed by atoms with Gasteiger partial charge in [0.25, 0.3) is 0 Å². The van der Waals surface area contributed by atoms with E-state index in [2.05, 4.69) is 93.3 Å². The van der Waals surface area contributed by atoms with E-state index >= 15 is 0 Å². The molecule has 2 atom stereocenters. The van der Waals surface area contributed by atoms with Gasteiger partial charge < -0.3 is 0 Å². The van der Waals surface area contributed by atoms with Crippen molar-refractivity contribution in [3.8, 4) is 16.9 Å². The molecule has 0 aliphatic carbocycles. The minimum absolute atomic E-state index is 0.338. The number of fused-ring (bicyclic) bond motifs is 3. The van der Waals surface area contributed by atoms with Crippen molar-refractivity contribution in [2.75, 3.05) is 12.8 Å². The van der Waals surface area contributed by atoms with Crippen molar-refractivity contribution in [3.63, 3.8) is 0 Å². The van der Waals surface area contributed by atoms with Gasteiger partial charge in [-0.05, 0) is 0 Å². The predicted molar refractivity (Wildman–Crippen MR) is 139 cm³/mol. The van der Waals surface area contributed by atoms with Gasteiger partial charge >= 0.3 is 182 Å². The fourth-order valence-corrected chi connectivity index (χ4v) is 13.1. The Labute approximate surface area is 181 Å². The third-order valence-electron chi connectivity index (χ3n) is 6.73. The molecule has 0 spiro atoms. The van der Waals surface area contributed by atoms with Gasteiger partial charge in [-0.2, -0.15) is 0 Å². The number of hydrogen-bond donors (Lipinski definition) is 0. The van der Waals surface area contributed by atoms with Gasteiger partial charge in [0.1, 0.15) is 0 Å². The molecule has 5 rings (SSSR count). The van der Waals surface area contributed by atoms with E-state index in [0.717, 1.165) is 14.0 Å². The summed E-state index contributed by atoms with van der Waals surface area (Å²) in [5, 5.41) is 6.86. The van der Waals surface area contributed by atoms with Crippen molar-refractivity contribution in [1.82, 2.24) is 0 Å². The van der Waals surface area contributed by atoms with Gasteiger partial charge in [0, 0.05) is 0 Å². The standard InChI is InChI=1S/C27H30OP2/c1-4-5-17-29-30(3)19(2)28-25-16-10-15-24(27(25)30)26-22-13-8-6-11-20(22)18-21-12-7-9-14-23(21)26/h6-16,18-19,29-30H,4-5,17H2,1-3H3. The molecule has 0 saturated carbocycles. The van der Waals surface area contributed by atoms with E-state index in [1.807, 2.05) is 0 Å². The predicted octanol–water partition coefficient (Wildman–Crippen LogP) is 7.80. The molecule has 0 aromatic heterocycles. The number of benzene rings is 4. The van der Waals surface area contributed by atoms with Crippen molar-refractivity contribution >= 4 is 42.1 Å². The summed E-state index contributed by atoms with van der Waals surface area (Å²) in [5.74, 6) is 1.47. The first-order valence-electron chi connectivity index (χ1n) is 11.1. The Morgan fingerprint density at radius 3 is 2.23 bits per heavy atom. The summed E-state index contributed by atoms with van der Waals surface area (Å²) >= 11 is 0. The Balaban J connectivity index is 1.82. The van der Waals surface area contributed by atoms with Gasteiger partial charge in [0.2, 0.25) is 0 Å². The van der Waals surface area contributed by atoms with Crippen LogP contribution in [0.25, 0.3) is 32.7 Å². The van der Waals surface area contributed by atoms with Crippen LogP contribution in [-0.4, -0.2) is 18.7 Å². The average molecular weight is 432 g/mol. The van der Waals surface area contributed by atoms with Crippen molar-refractivity contribution in [2.24, 2.45) is 0 Å². The summed E-state index contributed by atoms with van der Waals surface area (Å²) in [4.78, 5) is 0. The van der Waals surface area contributed by atoms with Crippen LogP contribution in [-0.2, 0) is 0 Å². The van der Waals surface area contributed by atoms with E-state index in [1.54, 1.807) is 5.30 Å². The number of hydrogen-bond acceptors (Lipinski definition) is 1. The van der Waals surface area contributed by atoms with E-state index in [4.69, 9.17) is 4.74 Å². The Hall–Kier alpha value is -1.94. The van der Waals surface area contributed by atoms with Crippen molar-refractivity contribution in [1.29, 1.82) is 0 Å². The van der Waals surface area contributed by atoms with Gasteiger partial charge in [0.05, 0.1) is 0 Å². The molecule has 2 unspecified atom stereocenters. The Morgan fingerprint density at radius 2 is 1.57 bits per heavy atom. The molecule has 0 bridgehead atoms. The average Bonchev–Trinajstić information content (AvgIpc) is 3.02. The van der Waals surface area contributed by atoms with Gasteiger partial charge in [-0.25, -0.2) is 0 Å². The summed E-state index contributed by atoms with van der Waals surface area (Å²) in [6, 6.07) is 26.8. The first kappa shape index (κ1) is 20.0. The summed E-state index contributed by atoms with van der Waals surface area (Å²) in [7, 11) is 1.00. The van der Waals surface area contributed by atoms with Gasteiger partial charge in [-0.3, -0.25) is 0 Å². The summed E-state index contributed by atoms with van der Waals surface area (Å²) in [6.07, 6.45) is 3.93. The van der Waals surface area contributed by atoms with E-state index in [-0.39, 0.29) is 0 Å². The zero-order valence-electron chi connectivity index (χ0n) is 18.0. The Morgan fingerprint density at radius 1 is 0.900 bits per heavy atom. The molecular weight excluding hydrogens is 402 g/mol. The first-order chi connectivity index (χ1) is 14.6.